The Kier molecular flexibility index (Phi) is 10.9. The van der Waals surface area contributed by atoms with Crippen molar-refractivity contribution < 1.29 is 14.4 Å². The first-order valence-electron chi connectivity index (χ1n) is 7.70. The van der Waals surface area contributed by atoms with Crippen molar-refractivity contribution in [3.05, 3.63) is 6.92 Å². The highest BCUT2D eigenvalue weighted by molar-refractivity contribution is 5.65. The first-order valence-corrected chi connectivity index (χ1v) is 7.70. The van der Waals surface area contributed by atoms with Gasteiger partial charge in [-0.15, -0.1) is 0 Å². The number of rotatable bonds is 13. The number of carboxylic acids is 1. The molecule has 0 amide bonds. The molecule has 0 aromatic rings. The van der Waals surface area contributed by atoms with Crippen molar-refractivity contribution in [1.82, 2.24) is 0 Å². The molecule has 0 spiro atoms. The van der Waals surface area contributed by atoms with Crippen LogP contribution in [-0.4, -0.2) is 37.6 Å². The van der Waals surface area contributed by atoms with E-state index in [1.165, 1.54) is 44.9 Å². The summed E-state index contributed by atoms with van der Waals surface area (Å²) in [5.74, 6) is -0.956. The van der Waals surface area contributed by atoms with Gasteiger partial charge in [0.25, 0.3) is 0 Å². The van der Waals surface area contributed by atoms with Gasteiger partial charge in [-0.05, 0) is 26.2 Å². The minimum absolute atomic E-state index is 0.112. The van der Waals surface area contributed by atoms with Crippen molar-refractivity contribution in [3.63, 3.8) is 0 Å². The molecule has 0 fully saturated rings. The maximum Gasteiger partial charge on any atom is 0.119 e. The van der Waals surface area contributed by atoms with Crippen LogP contribution in [0.3, 0.4) is 0 Å². The number of unbranched alkanes of at least 4 members (excludes halogenated alkanes) is 9. The number of carbonyl (C=O) groups is 1. The second kappa shape index (κ2) is 11.3. The molecule has 0 rings (SSSR count). The summed E-state index contributed by atoms with van der Waals surface area (Å²) in [6.45, 7) is 6.48. The maximum absolute atomic E-state index is 10.6. The van der Waals surface area contributed by atoms with E-state index < -0.39 is 5.97 Å². The first-order chi connectivity index (χ1) is 8.98. The summed E-state index contributed by atoms with van der Waals surface area (Å²) in [5, 5.41) is 10.6. The standard InChI is InChI=1S/C16H31NO2/c1-4-5-6-7-8-9-10-11-12-13-14-17(2,3)15-16(18)19/h1H,4-15H2,2-3H3. The Morgan fingerprint density at radius 3 is 1.74 bits per heavy atom. The maximum atomic E-state index is 10.6. The van der Waals surface area contributed by atoms with Crippen molar-refractivity contribution in [1.29, 1.82) is 0 Å². The largest absolute Gasteiger partial charge is 0.544 e. The van der Waals surface area contributed by atoms with Crippen LogP contribution in [0.4, 0.5) is 0 Å². The Morgan fingerprint density at radius 1 is 0.895 bits per heavy atom. The zero-order valence-electron chi connectivity index (χ0n) is 12.8. The van der Waals surface area contributed by atoms with E-state index in [1.807, 2.05) is 14.1 Å². The fraction of sp³-hybridized carbons (Fsp3) is 0.875. The van der Waals surface area contributed by atoms with Gasteiger partial charge in [-0.2, -0.15) is 0 Å². The molecule has 2 radical (unpaired) electrons. The second-order valence-corrected chi connectivity index (χ2v) is 6.16. The molecule has 112 valence electrons. The second-order valence-electron chi connectivity index (χ2n) is 6.16. The van der Waals surface area contributed by atoms with Gasteiger partial charge in [0.1, 0.15) is 6.54 Å². The van der Waals surface area contributed by atoms with Gasteiger partial charge in [0.05, 0.1) is 26.6 Å². The third-order valence-electron chi connectivity index (χ3n) is 3.52. The molecule has 0 N–H and O–H groups in total. The van der Waals surface area contributed by atoms with Crippen molar-refractivity contribution in [2.75, 3.05) is 27.2 Å². The number of hydrogen-bond donors (Lipinski definition) is 0. The van der Waals surface area contributed by atoms with E-state index >= 15 is 0 Å². The third-order valence-corrected chi connectivity index (χ3v) is 3.52. The minimum Gasteiger partial charge on any atom is -0.544 e. The molecule has 0 aromatic heterocycles. The van der Waals surface area contributed by atoms with Crippen LogP contribution in [-0.2, 0) is 4.79 Å². The number of likely N-dealkylation sites (N-methyl/N-ethyl adjacent to an activating group) is 1. The monoisotopic (exact) mass is 269 g/mol. The lowest BCUT2D eigenvalue weighted by Crippen LogP contribution is -2.48. The van der Waals surface area contributed by atoms with E-state index in [0.717, 1.165) is 25.8 Å². The Hall–Kier alpha value is -0.570. The van der Waals surface area contributed by atoms with Gasteiger partial charge < -0.3 is 14.4 Å². The lowest BCUT2D eigenvalue weighted by atomic mass is 10.1. The van der Waals surface area contributed by atoms with Crippen molar-refractivity contribution in [2.45, 2.75) is 64.2 Å². The molecule has 0 aliphatic rings. The van der Waals surface area contributed by atoms with Crippen LogP contribution in [0.1, 0.15) is 64.2 Å². The predicted octanol–water partition coefficient (Wildman–Crippen LogP) is 2.42. The van der Waals surface area contributed by atoms with Crippen molar-refractivity contribution in [2.24, 2.45) is 0 Å². The van der Waals surface area contributed by atoms with E-state index in [9.17, 15) is 9.90 Å². The Morgan fingerprint density at radius 2 is 1.32 bits per heavy atom. The topological polar surface area (TPSA) is 40.1 Å². The highest BCUT2D eigenvalue weighted by Gasteiger charge is 2.14. The number of hydrogen-bond acceptors (Lipinski definition) is 2. The van der Waals surface area contributed by atoms with Crippen LogP contribution in [0.25, 0.3) is 0 Å². The van der Waals surface area contributed by atoms with E-state index in [-0.39, 0.29) is 6.54 Å². The van der Waals surface area contributed by atoms with Gasteiger partial charge in [0.15, 0.2) is 0 Å². The zero-order chi connectivity index (χ0) is 14.6. The van der Waals surface area contributed by atoms with Crippen LogP contribution in [0.2, 0.25) is 0 Å². The summed E-state index contributed by atoms with van der Waals surface area (Å²) >= 11 is 0. The molecule has 3 nitrogen and oxygen atoms in total. The minimum atomic E-state index is -0.956. The molecule has 0 heterocycles. The number of nitrogens with zero attached hydrogens (tertiary/aromatic N) is 1. The van der Waals surface area contributed by atoms with Crippen LogP contribution >= 0.6 is 0 Å². The quantitative estimate of drug-likeness (QED) is 0.380. The van der Waals surface area contributed by atoms with Gasteiger partial charge in [-0.25, -0.2) is 0 Å². The van der Waals surface area contributed by atoms with Crippen LogP contribution in [0.5, 0.6) is 0 Å². The number of quaternary nitrogens is 1. The smallest absolute Gasteiger partial charge is 0.119 e. The molecule has 3 heteroatoms. The molecule has 0 atom stereocenters. The van der Waals surface area contributed by atoms with Crippen LogP contribution in [0.15, 0.2) is 0 Å². The summed E-state index contributed by atoms with van der Waals surface area (Å²) in [6, 6.07) is 0. The Bertz CT molecular complexity index is 227. The molecule has 0 aromatic carbocycles. The third kappa shape index (κ3) is 13.7. The molecule has 0 unspecified atom stereocenters. The SMILES string of the molecule is [CH]CCCCCCCCCCC[N+](C)(C)CC(=O)[O-]. The summed E-state index contributed by atoms with van der Waals surface area (Å²) in [6.07, 6.45) is 12.1. The number of aliphatic carboxylic acids is 1. The molecule has 0 saturated carbocycles. The van der Waals surface area contributed by atoms with Gasteiger partial charge in [-0.3, -0.25) is 0 Å². The predicted molar refractivity (Wildman–Crippen MR) is 77.3 cm³/mol. The van der Waals surface area contributed by atoms with Crippen molar-refractivity contribution in [3.8, 4) is 0 Å². The van der Waals surface area contributed by atoms with Crippen LogP contribution in [0, 0.1) is 6.92 Å². The van der Waals surface area contributed by atoms with Gasteiger partial charge in [0.2, 0.25) is 0 Å². The summed E-state index contributed by atoms with van der Waals surface area (Å²) in [5.41, 5.74) is 0. The van der Waals surface area contributed by atoms with E-state index in [0.29, 0.717) is 4.48 Å². The highest BCUT2D eigenvalue weighted by atomic mass is 16.4. The Balaban J connectivity index is 3.28. The zero-order valence-corrected chi connectivity index (χ0v) is 12.8. The lowest BCUT2D eigenvalue weighted by molar-refractivity contribution is -0.885. The summed E-state index contributed by atoms with van der Waals surface area (Å²) in [7, 11) is 3.90. The molecule has 0 aliphatic heterocycles. The molecular formula is C16H31NO2. The molecular weight excluding hydrogens is 238 g/mol. The van der Waals surface area contributed by atoms with E-state index in [4.69, 9.17) is 6.92 Å². The van der Waals surface area contributed by atoms with E-state index in [1.54, 1.807) is 0 Å². The van der Waals surface area contributed by atoms with E-state index in [2.05, 4.69) is 0 Å². The first kappa shape index (κ1) is 18.4. The van der Waals surface area contributed by atoms with Gasteiger partial charge >= 0.3 is 0 Å². The molecule has 19 heavy (non-hydrogen) atoms. The molecule has 0 saturated heterocycles. The number of carbonyl (C=O) groups excluding carboxylic acids is 1. The fourth-order valence-corrected chi connectivity index (χ4v) is 2.35. The highest BCUT2D eigenvalue weighted by Crippen LogP contribution is 2.11. The average Bonchev–Trinajstić information content (AvgIpc) is 2.30. The summed E-state index contributed by atoms with van der Waals surface area (Å²) < 4.78 is 0.529. The summed E-state index contributed by atoms with van der Waals surface area (Å²) in [4.78, 5) is 10.6. The number of carboxylic acid groups (broad SMARTS) is 1. The molecule has 0 bridgehead atoms. The van der Waals surface area contributed by atoms with Gasteiger partial charge in [0, 0.05) is 0 Å². The van der Waals surface area contributed by atoms with Crippen LogP contribution < -0.4 is 5.11 Å². The average molecular weight is 269 g/mol. The fourth-order valence-electron chi connectivity index (χ4n) is 2.35. The molecule has 0 aliphatic carbocycles. The van der Waals surface area contributed by atoms with Gasteiger partial charge in [-0.1, -0.05) is 44.9 Å². The van der Waals surface area contributed by atoms with Crippen molar-refractivity contribution >= 4 is 5.97 Å². The Labute approximate surface area is 119 Å². The lowest BCUT2D eigenvalue weighted by Gasteiger charge is -2.30. The normalized spacial score (nSPS) is 11.7.